The van der Waals surface area contributed by atoms with Gasteiger partial charge >= 0.3 is 23.9 Å². The van der Waals surface area contributed by atoms with Gasteiger partial charge < -0.3 is 4.74 Å². The highest BCUT2D eigenvalue weighted by molar-refractivity contribution is 9.10. The van der Waals surface area contributed by atoms with E-state index >= 15 is 0 Å². The van der Waals surface area contributed by atoms with Gasteiger partial charge in [0.25, 0.3) is 0 Å². The van der Waals surface area contributed by atoms with Gasteiger partial charge in [0.1, 0.15) is 0 Å². The Hall–Kier alpha value is -1.74. The van der Waals surface area contributed by atoms with Crippen LogP contribution in [0.5, 0.6) is 0 Å². The molecule has 0 aliphatic heterocycles. The van der Waals surface area contributed by atoms with Gasteiger partial charge in [0.15, 0.2) is 0 Å². The van der Waals surface area contributed by atoms with Crippen molar-refractivity contribution in [3.63, 3.8) is 0 Å². The number of benzene rings is 2. The number of carbonyl (C=O) groups excluding carboxylic acids is 1. The van der Waals surface area contributed by atoms with E-state index in [4.69, 9.17) is 11.6 Å². The molecule has 26 heavy (non-hydrogen) atoms. The fourth-order valence-corrected chi connectivity index (χ4v) is 2.93. The second kappa shape index (κ2) is 7.11. The summed E-state index contributed by atoms with van der Waals surface area (Å²) in [5.41, 5.74) is -6.79. The summed E-state index contributed by atoms with van der Waals surface area (Å²) in [7, 11) is 0. The Balaban J connectivity index is 2.70. The predicted octanol–water partition coefficient (Wildman–Crippen LogP) is 6.08. The molecule has 10 heteroatoms. The molecule has 0 bridgehead atoms. The van der Waals surface area contributed by atoms with Crippen molar-refractivity contribution in [1.82, 2.24) is 0 Å². The molecule has 2 aromatic carbocycles. The number of carbonyl (C=O) groups is 1. The molecule has 0 N–H and O–H groups in total. The fraction of sp³-hybridized carbons (Fsp3) is 0.188. The van der Waals surface area contributed by atoms with Crippen LogP contribution in [-0.2, 0) is 10.3 Å². The number of esters is 1. The van der Waals surface area contributed by atoms with E-state index in [1.807, 2.05) is 0 Å². The first-order chi connectivity index (χ1) is 11.9. The Kier molecular flexibility index (Phi) is 5.63. The quantitative estimate of drug-likeness (QED) is 0.410. The summed E-state index contributed by atoms with van der Waals surface area (Å²) in [5.74, 6) is -1.79. The molecule has 2 nitrogen and oxygen atoms in total. The first-order valence-corrected chi connectivity index (χ1v) is 7.86. The number of hydrogen-bond donors (Lipinski definition) is 0. The zero-order valence-electron chi connectivity index (χ0n) is 12.4. The lowest BCUT2D eigenvalue weighted by Gasteiger charge is -2.37. The summed E-state index contributed by atoms with van der Waals surface area (Å²) in [4.78, 5) is 12.0. The minimum absolute atomic E-state index is 0.270. The van der Waals surface area contributed by atoms with Crippen molar-refractivity contribution in [2.75, 3.05) is 0 Å². The summed E-state index contributed by atoms with van der Waals surface area (Å²) < 4.78 is 85.6. The number of ether oxygens (including phenoxy) is 1. The van der Waals surface area contributed by atoms with Crippen LogP contribution in [0.3, 0.4) is 0 Å². The molecule has 1 radical (unpaired) electrons. The van der Waals surface area contributed by atoms with E-state index in [0.717, 1.165) is 12.1 Å². The molecule has 0 aliphatic carbocycles. The Labute approximate surface area is 156 Å². The third kappa shape index (κ3) is 3.83. The Bertz CT molecular complexity index is 770. The molecule has 139 valence electrons. The third-order valence-corrected chi connectivity index (χ3v) is 3.89. The van der Waals surface area contributed by atoms with Gasteiger partial charge in [-0.25, -0.2) is 4.79 Å². The van der Waals surface area contributed by atoms with E-state index < -0.39 is 40.1 Å². The molecule has 0 spiro atoms. The minimum atomic E-state index is -6.01. The fourth-order valence-electron chi connectivity index (χ4n) is 2.14. The molecule has 0 amide bonds. The summed E-state index contributed by atoms with van der Waals surface area (Å²) in [5, 5.41) is -0.525. The van der Waals surface area contributed by atoms with Crippen molar-refractivity contribution in [2.24, 2.45) is 0 Å². The molecular weight excluding hydrogens is 454 g/mol. The maximum absolute atomic E-state index is 13.6. The maximum atomic E-state index is 13.6. The van der Waals surface area contributed by atoms with Crippen molar-refractivity contribution in [3.8, 4) is 0 Å². The number of hydrogen-bond acceptors (Lipinski definition) is 2. The molecule has 2 aromatic rings. The minimum Gasteiger partial charge on any atom is -0.431 e. The van der Waals surface area contributed by atoms with Crippen molar-refractivity contribution in [1.29, 1.82) is 0 Å². The topological polar surface area (TPSA) is 26.3 Å². The molecule has 0 atom stereocenters. The number of alkyl halides is 6. The van der Waals surface area contributed by atoms with Gasteiger partial charge in [-0.05, 0) is 24.3 Å². The molecule has 0 aliphatic rings. The van der Waals surface area contributed by atoms with Crippen LogP contribution in [0.4, 0.5) is 26.3 Å². The van der Waals surface area contributed by atoms with Crippen LogP contribution >= 0.6 is 27.5 Å². The highest BCUT2D eigenvalue weighted by Gasteiger charge is 2.75. The third-order valence-electron chi connectivity index (χ3n) is 3.26. The second-order valence-corrected chi connectivity index (χ2v) is 6.26. The Morgan fingerprint density at radius 3 is 2.00 bits per heavy atom. The zero-order chi connectivity index (χ0) is 19.8. The largest absolute Gasteiger partial charge is 0.442 e. The van der Waals surface area contributed by atoms with Crippen LogP contribution in [-0.4, -0.2) is 18.3 Å². The first kappa shape index (κ1) is 20.6. The summed E-state index contributed by atoms with van der Waals surface area (Å²) in [6.07, 6.45) is -12.0. The van der Waals surface area contributed by atoms with E-state index in [9.17, 15) is 31.1 Å². The van der Waals surface area contributed by atoms with Gasteiger partial charge in [-0.2, -0.15) is 26.3 Å². The van der Waals surface area contributed by atoms with Gasteiger partial charge in [0.05, 0.1) is 10.6 Å². The molecule has 0 unspecified atom stereocenters. The van der Waals surface area contributed by atoms with Crippen LogP contribution in [0.1, 0.15) is 15.9 Å². The molecule has 0 saturated heterocycles. The summed E-state index contributed by atoms with van der Waals surface area (Å²) in [6.45, 7) is 0. The normalized spacial score (nSPS) is 12.8. The molecule has 0 fully saturated rings. The smallest absolute Gasteiger partial charge is 0.431 e. The van der Waals surface area contributed by atoms with E-state index in [0.29, 0.717) is 12.1 Å². The lowest BCUT2D eigenvalue weighted by molar-refractivity contribution is -0.373. The van der Waals surface area contributed by atoms with E-state index in [1.54, 1.807) is 0 Å². The van der Waals surface area contributed by atoms with E-state index in [-0.39, 0.29) is 4.47 Å². The lowest BCUT2D eigenvalue weighted by Crippen LogP contribution is -2.56. The Morgan fingerprint density at radius 1 is 1.00 bits per heavy atom. The van der Waals surface area contributed by atoms with Crippen molar-refractivity contribution >= 4 is 33.5 Å². The van der Waals surface area contributed by atoms with Crippen LogP contribution in [0.25, 0.3) is 0 Å². The maximum Gasteiger partial charge on any atom is 0.442 e. The van der Waals surface area contributed by atoms with E-state index in [2.05, 4.69) is 26.7 Å². The van der Waals surface area contributed by atoms with Crippen molar-refractivity contribution < 1.29 is 35.9 Å². The number of rotatable bonds is 3. The highest BCUT2D eigenvalue weighted by Crippen LogP contribution is 2.54. The van der Waals surface area contributed by atoms with E-state index in [1.165, 1.54) is 18.2 Å². The van der Waals surface area contributed by atoms with Gasteiger partial charge in [0, 0.05) is 16.1 Å². The SMILES string of the molecule is O=C(OC(c1cc(Cl)[c]c(Br)c1)(C(F)(F)F)C(F)(F)F)c1ccccc1. The molecule has 0 saturated carbocycles. The highest BCUT2D eigenvalue weighted by atomic mass is 79.9. The molecular formula is C16H7BrClF6O2. The van der Waals surface area contributed by atoms with Gasteiger partial charge in [0.2, 0.25) is 0 Å². The van der Waals surface area contributed by atoms with Crippen LogP contribution in [0.15, 0.2) is 46.9 Å². The molecule has 0 aromatic heterocycles. The van der Waals surface area contributed by atoms with Crippen LogP contribution in [0.2, 0.25) is 5.02 Å². The summed E-state index contributed by atoms with van der Waals surface area (Å²) in [6, 6.07) is 9.19. The van der Waals surface area contributed by atoms with Crippen molar-refractivity contribution in [2.45, 2.75) is 18.0 Å². The monoisotopic (exact) mass is 459 g/mol. The average Bonchev–Trinajstić information content (AvgIpc) is 2.49. The standard InChI is InChI=1S/C16H7BrClF6O2/c17-11-6-10(7-12(18)8-11)14(15(19,20)21,16(22,23)24)26-13(25)9-4-2-1-3-5-9/h1-7H. The first-order valence-electron chi connectivity index (χ1n) is 6.69. The Morgan fingerprint density at radius 2 is 1.54 bits per heavy atom. The van der Waals surface area contributed by atoms with Gasteiger partial charge in [-0.3, -0.25) is 0 Å². The molecule has 2 rings (SSSR count). The second-order valence-electron chi connectivity index (χ2n) is 5.00. The zero-order valence-corrected chi connectivity index (χ0v) is 14.7. The lowest BCUT2D eigenvalue weighted by atomic mass is 9.91. The van der Waals surface area contributed by atoms with Crippen LogP contribution < -0.4 is 0 Å². The van der Waals surface area contributed by atoms with Crippen molar-refractivity contribution in [3.05, 3.63) is 69.2 Å². The average molecular weight is 461 g/mol. The summed E-state index contributed by atoms with van der Waals surface area (Å²) >= 11 is 8.28. The predicted molar refractivity (Wildman–Crippen MR) is 83.6 cm³/mol. The number of halogens is 8. The van der Waals surface area contributed by atoms with Gasteiger partial charge in [-0.1, -0.05) is 45.7 Å². The molecule has 0 heterocycles. The van der Waals surface area contributed by atoms with Crippen LogP contribution in [0, 0.1) is 6.07 Å². The van der Waals surface area contributed by atoms with Gasteiger partial charge in [-0.15, -0.1) is 0 Å².